The van der Waals surface area contributed by atoms with Crippen LogP contribution in [0, 0.1) is 0 Å². The van der Waals surface area contributed by atoms with Crippen molar-refractivity contribution >= 4 is 21.4 Å². The highest BCUT2D eigenvalue weighted by Crippen LogP contribution is 2.21. The summed E-state index contributed by atoms with van der Waals surface area (Å²) in [7, 11) is -3.70. The lowest BCUT2D eigenvalue weighted by Gasteiger charge is -2.10. The number of nitrogens with one attached hydrogen (secondary N) is 1. The van der Waals surface area contributed by atoms with Crippen molar-refractivity contribution in [2.45, 2.75) is 11.8 Å². The summed E-state index contributed by atoms with van der Waals surface area (Å²) >= 11 is 0. The minimum Gasteiger partial charge on any atom is -0.397 e. The summed E-state index contributed by atoms with van der Waals surface area (Å²) < 4.78 is 27.5. The summed E-state index contributed by atoms with van der Waals surface area (Å²) in [4.78, 5) is 0.0330. The molecular formula is C10H17N3O3S. The number of primary sulfonamides is 1. The molecule has 0 aliphatic heterocycles. The van der Waals surface area contributed by atoms with Gasteiger partial charge >= 0.3 is 0 Å². The van der Waals surface area contributed by atoms with Crippen molar-refractivity contribution < 1.29 is 13.2 Å². The van der Waals surface area contributed by atoms with Gasteiger partial charge in [0.2, 0.25) is 10.0 Å². The lowest BCUT2D eigenvalue weighted by molar-refractivity contribution is 0.158. The lowest BCUT2D eigenvalue weighted by Crippen LogP contribution is -2.14. The first-order valence-corrected chi connectivity index (χ1v) is 6.73. The predicted octanol–water partition coefficient (Wildman–Crippen LogP) is 0.365. The van der Waals surface area contributed by atoms with Gasteiger partial charge in [0.1, 0.15) is 0 Å². The normalized spacial score (nSPS) is 11.4. The zero-order chi connectivity index (χ0) is 12.9. The molecule has 0 unspecified atom stereocenters. The average Bonchev–Trinajstić information content (AvgIpc) is 2.25. The van der Waals surface area contributed by atoms with Crippen LogP contribution in [-0.2, 0) is 14.8 Å². The fourth-order valence-electron chi connectivity index (χ4n) is 1.27. The predicted molar refractivity (Wildman–Crippen MR) is 67.2 cm³/mol. The Balaban J connectivity index is 2.77. The molecule has 0 fully saturated rings. The van der Waals surface area contributed by atoms with E-state index < -0.39 is 10.0 Å². The molecule has 1 rings (SSSR count). The fraction of sp³-hybridized carbons (Fsp3) is 0.400. The van der Waals surface area contributed by atoms with Gasteiger partial charge in [0.25, 0.3) is 0 Å². The van der Waals surface area contributed by atoms with E-state index in [2.05, 4.69) is 5.32 Å². The number of hydrogen-bond donors (Lipinski definition) is 3. The highest BCUT2D eigenvalue weighted by molar-refractivity contribution is 7.89. The maximum atomic E-state index is 11.2. The van der Waals surface area contributed by atoms with E-state index in [4.69, 9.17) is 15.6 Å². The molecule has 96 valence electrons. The van der Waals surface area contributed by atoms with Crippen molar-refractivity contribution in [1.29, 1.82) is 0 Å². The van der Waals surface area contributed by atoms with Gasteiger partial charge in [-0.15, -0.1) is 0 Å². The van der Waals surface area contributed by atoms with E-state index in [0.29, 0.717) is 31.1 Å². The number of nitrogen functional groups attached to an aromatic ring is 1. The van der Waals surface area contributed by atoms with Gasteiger partial charge in [0, 0.05) is 13.2 Å². The maximum absolute atomic E-state index is 11.2. The molecule has 0 aliphatic carbocycles. The Morgan fingerprint density at radius 2 is 2.12 bits per heavy atom. The number of nitrogens with two attached hydrogens (primary N) is 2. The molecule has 0 aliphatic rings. The van der Waals surface area contributed by atoms with Gasteiger partial charge in [-0.1, -0.05) is 0 Å². The highest BCUT2D eigenvalue weighted by atomic mass is 32.2. The second kappa shape index (κ2) is 5.85. The monoisotopic (exact) mass is 259 g/mol. The topological polar surface area (TPSA) is 107 Å². The molecule has 0 atom stereocenters. The molecule has 0 amide bonds. The smallest absolute Gasteiger partial charge is 0.238 e. The maximum Gasteiger partial charge on any atom is 0.238 e. The van der Waals surface area contributed by atoms with Crippen LogP contribution in [0.3, 0.4) is 0 Å². The van der Waals surface area contributed by atoms with Crippen LogP contribution in [0.2, 0.25) is 0 Å². The largest absolute Gasteiger partial charge is 0.397 e. The van der Waals surface area contributed by atoms with Gasteiger partial charge in [0.15, 0.2) is 0 Å². The van der Waals surface area contributed by atoms with Gasteiger partial charge in [0.05, 0.1) is 22.9 Å². The third-order valence-electron chi connectivity index (χ3n) is 2.12. The van der Waals surface area contributed by atoms with E-state index in [0.717, 1.165) is 0 Å². The Bertz CT molecular complexity index is 474. The summed E-state index contributed by atoms with van der Waals surface area (Å²) in [6.45, 7) is 3.60. The van der Waals surface area contributed by atoms with Gasteiger partial charge in [-0.3, -0.25) is 0 Å². The second-order valence-corrected chi connectivity index (χ2v) is 4.98. The number of benzene rings is 1. The fourth-order valence-corrected chi connectivity index (χ4v) is 1.81. The highest BCUT2D eigenvalue weighted by Gasteiger charge is 2.09. The van der Waals surface area contributed by atoms with Crippen LogP contribution < -0.4 is 16.2 Å². The van der Waals surface area contributed by atoms with Crippen LogP contribution in [-0.4, -0.2) is 28.2 Å². The number of rotatable bonds is 6. The minimum atomic E-state index is -3.70. The first-order chi connectivity index (χ1) is 7.95. The third kappa shape index (κ3) is 4.22. The van der Waals surface area contributed by atoms with E-state index in [1.165, 1.54) is 18.2 Å². The van der Waals surface area contributed by atoms with Crippen molar-refractivity contribution in [1.82, 2.24) is 0 Å². The first kappa shape index (κ1) is 13.8. The molecule has 5 N–H and O–H groups in total. The van der Waals surface area contributed by atoms with Gasteiger partial charge in [-0.2, -0.15) is 0 Å². The number of anilines is 2. The zero-order valence-corrected chi connectivity index (χ0v) is 10.5. The molecule has 0 bridgehead atoms. The van der Waals surface area contributed by atoms with Crippen LogP contribution in [0.1, 0.15) is 6.92 Å². The third-order valence-corrected chi connectivity index (χ3v) is 3.03. The van der Waals surface area contributed by atoms with Crippen LogP contribution in [0.15, 0.2) is 23.1 Å². The van der Waals surface area contributed by atoms with Gasteiger partial charge < -0.3 is 15.8 Å². The molecule has 17 heavy (non-hydrogen) atoms. The Morgan fingerprint density at radius 1 is 1.41 bits per heavy atom. The summed E-state index contributed by atoms with van der Waals surface area (Å²) in [6.07, 6.45) is 0. The van der Waals surface area contributed by atoms with Crippen molar-refractivity contribution in [2.75, 3.05) is 30.8 Å². The van der Waals surface area contributed by atoms with Crippen LogP contribution in [0.25, 0.3) is 0 Å². The summed E-state index contributed by atoms with van der Waals surface area (Å²) in [6, 6.07) is 4.29. The van der Waals surface area contributed by atoms with Gasteiger partial charge in [-0.05, 0) is 25.1 Å². The molecule has 0 aromatic heterocycles. The minimum absolute atomic E-state index is 0.0330. The van der Waals surface area contributed by atoms with Crippen molar-refractivity contribution in [2.24, 2.45) is 5.14 Å². The first-order valence-electron chi connectivity index (χ1n) is 5.19. The van der Waals surface area contributed by atoms with Crippen LogP contribution in [0.4, 0.5) is 11.4 Å². The molecule has 0 spiro atoms. The SMILES string of the molecule is CCOCCNc1cc(S(N)(=O)=O)ccc1N. The number of hydrogen-bond acceptors (Lipinski definition) is 5. The second-order valence-electron chi connectivity index (χ2n) is 3.42. The number of ether oxygens (including phenoxy) is 1. The Morgan fingerprint density at radius 3 is 2.71 bits per heavy atom. The molecule has 0 saturated heterocycles. The van der Waals surface area contributed by atoms with E-state index in [1.807, 2.05) is 6.92 Å². The van der Waals surface area contributed by atoms with E-state index in [9.17, 15) is 8.42 Å². The lowest BCUT2D eigenvalue weighted by atomic mass is 10.2. The van der Waals surface area contributed by atoms with E-state index in [-0.39, 0.29) is 4.90 Å². The Kier molecular flexibility index (Phi) is 4.73. The molecule has 0 saturated carbocycles. The average molecular weight is 259 g/mol. The number of sulfonamides is 1. The molecule has 1 aromatic rings. The van der Waals surface area contributed by atoms with Crippen molar-refractivity contribution in [3.8, 4) is 0 Å². The van der Waals surface area contributed by atoms with Crippen molar-refractivity contribution in [3.05, 3.63) is 18.2 Å². The molecule has 6 nitrogen and oxygen atoms in total. The quantitative estimate of drug-likeness (QED) is 0.505. The zero-order valence-electron chi connectivity index (χ0n) is 9.64. The Labute approximate surface area is 101 Å². The molecule has 0 heterocycles. The standard InChI is InChI=1S/C10H17N3O3S/c1-2-16-6-5-13-10-7-8(17(12,14)15)3-4-9(10)11/h3-4,7,13H,2,5-6,11H2,1H3,(H2,12,14,15). The summed E-state index contributed by atoms with van der Waals surface area (Å²) in [5.41, 5.74) is 6.71. The molecule has 7 heteroatoms. The van der Waals surface area contributed by atoms with Crippen LogP contribution in [0.5, 0.6) is 0 Å². The van der Waals surface area contributed by atoms with Gasteiger partial charge in [-0.25, -0.2) is 13.6 Å². The van der Waals surface area contributed by atoms with Crippen molar-refractivity contribution in [3.63, 3.8) is 0 Å². The summed E-state index contributed by atoms with van der Waals surface area (Å²) in [5, 5.41) is 8.02. The van der Waals surface area contributed by atoms with Crippen LogP contribution >= 0.6 is 0 Å². The van der Waals surface area contributed by atoms with E-state index in [1.54, 1.807) is 0 Å². The molecule has 1 aromatic carbocycles. The molecular weight excluding hydrogens is 242 g/mol. The Hall–Kier alpha value is -1.31. The van der Waals surface area contributed by atoms with E-state index >= 15 is 0 Å². The summed E-state index contributed by atoms with van der Waals surface area (Å²) in [5.74, 6) is 0. The molecule has 0 radical (unpaired) electrons.